The maximum absolute atomic E-state index is 9.47. The summed E-state index contributed by atoms with van der Waals surface area (Å²) in [5.41, 5.74) is 0. The van der Waals surface area contributed by atoms with Crippen LogP contribution >= 0.6 is 0 Å². The molecule has 2 aliphatic rings. The fourth-order valence-electron chi connectivity index (χ4n) is 4.41. The quantitative estimate of drug-likeness (QED) is 0.792. The summed E-state index contributed by atoms with van der Waals surface area (Å²) in [6.07, 6.45) is 13.1. The van der Waals surface area contributed by atoms with Gasteiger partial charge in [-0.15, -0.1) is 0 Å². The van der Waals surface area contributed by atoms with Crippen LogP contribution in [0.15, 0.2) is 18.5 Å². The van der Waals surface area contributed by atoms with E-state index in [9.17, 15) is 5.11 Å². The van der Waals surface area contributed by atoms with Gasteiger partial charge in [-0.05, 0) is 37.7 Å². The summed E-state index contributed by atoms with van der Waals surface area (Å²) in [6, 6.07) is 2.52. The normalized spacial score (nSPS) is 24.5. The summed E-state index contributed by atoms with van der Waals surface area (Å²) < 4.78 is 2.02. The molecule has 5 heteroatoms. The van der Waals surface area contributed by atoms with Gasteiger partial charge in [0.15, 0.2) is 0 Å². The fraction of sp³-hybridized carbons (Fsp3) is 0.842. The Hall–Kier alpha value is -0.910. The van der Waals surface area contributed by atoms with Gasteiger partial charge in [0.05, 0.1) is 0 Å². The number of piperazine rings is 1. The van der Waals surface area contributed by atoms with Gasteiger partial charge in [0.25, 0.3) is 0 Å². The molecule has 1 aromatic heterocycles. The van der Waals surface area contributed by atoms with Crippen molar-refractivity contribution < 1.29 is 5.11 Å². The molecular weight excluding hydrogens is 300 g/mol. The highest BCUT2D eigenvalue weighted by atomic mass is 16.3. The number of aromatic nitrogens is 2. The summed E-state index contributed by atoms with van der Waals surface area (Å²) >= 11 is 0. The summed E-state index contributed by atoms with van der Waals surface area (Å²) in [5.74, 6) is 0.895. The second-order valence-corrected chi connectivity index (χ2v) is 7.59. The highest BCUT2D eigenvalue weighted by Crippen LogP contribution is 2.26. The van der Waals surface area contributed by atoms with E-state index in [1.165, 1.54) is 51.7 Å². The van der Waals surface area contributed by atoms with Gasteiger partial charge < -0.3 is 10.0 Å². The Balaban J connectivity index is 1.43. The van der Waals surface area contributed by atoms with Crippen LogP contribution in [-0.2, 0) is 6.54 Å². The van der Waals surface area contributed by atoms with Crippen LogP contribution in [0.1, 0.15) is 44.9 Å². The molecule has 1 unspecified atom stereocenters. The van der Waals surface area contributed by atoms with E-state index in [2.05, 4.69) is 14.9 Å². The standard InChI is InChI=1S/C19H34N4O/c24-15-8-19-17-21(10-5-12-23-11-4-9-20-23)13-14-22(19)16-18-6-2-1-3-7-18/h4,9,11,18-19,24H,1-3,5-8,10,12-17H2. The SMILES string of the molecule is OCCC1CN(CCCn2cccn2)CCN1CC1CCCCC1. The smallest absolute Gasteiger partial charge is 0.0489 e. The molecule has 1 saturated carbocycles. The average molecular weight is 335 g/mol. The first-order valence-corrected chi connectivity index (χ1v) is 9.90. The van der Waals surface area contributed by atoms with E-state index >= 15 is 0 Å². The lowest BCUT2D eigenvalue weighted by Gasteiger charge is -2.43. The molecule has 1 atom stereocenters. The minimum atomic E-state index is 0.312. The van der Waals surface area contributed by atoms with Crippen molar-refractivity contribution in [2.45, 2.75) is 57.5 Å². The number of nitrogens with zero attached hydrogens (tertiary/aromatic N) is 4. The van der Waals surface area contributed by atoms with E-state index in [0.717, 1.165) is 38.4 Å². The zero-order valence-electron chi connectivity index (χ0n) is 15.0. The zero-order chi connectivity index (χ0) is 16.6. The molecular formula is C19H34N4O. The Bertz CT molecular complexity index is 444. The van der Waals surface area contributed by atoms with Crippen molar-refractivity contribution in [3.8, 4) is 0 Å². The Morgan fingerprint density at radius 1 is 1.08 bits per heavy atom. The maximum Gasteiger partial charge on any atom is 0.0489 e. The molecule has 3 rings (SSSR count). The Kier molecular flexibility index (Phi) is 7.12. The number of hydrogen-bond acceptors (Lipinski definition) is 4. The monoisotopic (exact) mass is 334 g/mol. The lowest BCUT2D eigenvalue weighted by atomic mass is 9.88. The average Bonchev–Trinajstić information content (AvgIpc) is 3.12. The Morgan fingerprint density at radius 3 is 2.71 bits per heavy atom. The summed E-state index contributed by atoms with van der Waals surface area (Å²) in [7, 11) is 0. The molecule has 0 bridgehead atoms. The van der Waals surface area contributed by atoms with E-state index in [0.29, 0.717) is 12.6 Å². The van der Waals surface area contributed by atoms with E-state index in [4.69, 9.17) is 0 Å². The first-order valence-electron chi connectivity index (χ1n) is 9.90. The van der Waals surface area contributed by atoms with Crippen LogP contribution in [0.3, 0.4) is 0 Å². The van der Waals surface area contributed by atoms with E-state index in [-0.39, 0.29) is 0 Å². The second kappa shape index (κ2) is 9.54. The molecule has 1 aromatic rings. The van der Waals surface area contributed by atoms with Crippen LogP contribution in [0.2, 0.25) is 0 Å². The van der Waals surface area contributed by atoms with Crippen LogP contribution in [0, 0.1) is 5.92 Å². The number of rotatable bonds is 8. The molecule has 24 heavy (non-hydrogen) atoms. The first kappa shape index (κ1) is 17.9. The van der Waals surface area contributed by atoms with Crippen molar-refractivity contribution in [2.24, 2.45) is 5.92 Å². The first-order chi connectivity index (χ1) is 11.8. The van der Waals surface area contributed by atoms with E-state index in [1.54, 1.807) is 0 Å². The lowest BCUT2D eigenvalue weighted by molar-refractivity contribution is 0.0424. The van der Waals surface area contributed by atoms with Crippen molar-refractivity contribution in [2.75, 3.05) is 39.3 Å². The highest BCUT2D eigenvalue weighted by Gasteiger charge is 2.28. The molecule has 0 amide bonds. The van der Waals surface area contributed by atoms with Crippen LogP contribution in [0.4, 0.5) is 0 Å². The minimum Gasteiger partial charge on any atom is -0.396 e. The predicted molar refractivity (Wildman–Crippen MR) is 96.9 cm³/mol. The highest BCUT2D eigenvalue weighted by molar-refractivity contribution is 4.84. The van der Waals surface area contributed by atoms with Crippen LogP contribution in [0.25, 0.3) is 0 Å². The molecule has 136 valence electrons. The minimum absolute atomic E-state index is 0.312. The maximum atomic E-state index is 9.47. The van der Waals surface area contributed by atoms with Gasteiger partial charge in [-0.2, -0.15) is 5.10 Å². The molecule has 0 spiro atoms. The number of hydrogen-bond donors (Lipinski definition) is 1. The molecule has 1 saturated heterocycles. The zero-order valence-corrected chi connectivity index (χ0v) is 15.0. The van der Waals surface area contributed by atoms with Gasteiger partial charge in [0, 0.05) is 64.3 Å². The summed E-state index contributed by atoms with van der Waals surface area (Å²) in [4.78, 5) is 5.26. The molecule has 1 aliphatic carbocycles. The van der Waals surface area contributed by atoms with Gasteiger partial charge in [-0.3, -0.25) is 9.58 Å². The van der Waals surface area contributed by atoms with Crippen molar-refractivity contribution in [3.05, 3.63) is 18.5 Å². The topological polar surface area (TPSA) is 44.5 Å². The molecule has 0 aromatic carbocycles. The van der Waals surface area contributed by atoms with Crippen molar-refractivity contribution in [1.82, 2.24) is 19.6 Å². The fourth-order valence-corrected chi connectivity index (χ4v) is 4.41. The second-order valence-electron chi connectivity index (χ2n) is 7.59. The van der Waals surface area contributed by atoms with Gasteiger partial charge in [-0.1, -0.05) is 19.3 Å². The molecule has 1 N–H and O–H groups in total. The third-order valence-electron chi connectivity index (χ3n) is 5.79. The van der Waals surface area contributed by atoms with Gasteiger partial charge in [0.1, 0.15) is 0 Å². The molecule has 2 fully saturated rings. The molecule has 1 aliphatic heterocycles. The van der Waals surface area contributed by atoms with Crippen LogP contribution in [0.5, 0.6) is 0 Å². The third-order valence-corrected chi connectivity index (χ3v) is 5.79. The third kappa shape index (κ3) is 5.30. The van der Waals surface area contributed by atoms with Crippen LogP contribution < -0.4 is 0 Å². The lowest BCUT2D eigenvalue weighted by Crippen LogP contribution is -2.54. The van der Waals surface area contributed by atoms with Crippen LogP contribution in [-0.4, -0.2) is 70.1 Å². The number of aliphatic hydroxyl groups is 1. The van der Waals surface area contributed by atoms with Crippen molar-refractivity contribution >= 4 is 0 Å². The molecule has 0 radical (unpaired) electrons. The van der Waals surface area contributed by atoms with E-state index in [1.807, 2.05) is 23.1 Å². The number of aryl methyl sites for hydroxylation is 1. The largest absolute Gasteiger partial charge is 0.396 e. The summed E-state index contributed by atoms with van der Waals surface area (Å²) in [5, 5.41) is 13.7. The molecule has 2 heterocycles. The number of aliphatic hydroxyl groups excluding tert-OH is 1. The summed E-state index contributed by atoms with van der Waals surface area (Å²) in [6.45, 7) is 7.17. The predicted octanol–water partition coefficient (Wildman–Crippen LogP) is 2.22. The van der Waals surface area contributed by atoms with Crippen molar-refractivity contribution in [1.29, 1.82) is 0 Å². The Morgan fingerprint density at radius 2 is 1.96 bits per heavy atom. The Labute approximate surface area is 146 Å². The van der Waals surface area contributed by atoms with Crippen molar-refractivity contribution in [3.63, 3.8) is 0 Å². The molecule has 5 nitrogen and oxygen atoms in total. The van der Waals surface area contributed by atoms with Gasteiger partial charge in [0.2, 0.25) is 0 Å². The van der Waals surface area contributed by atoms with E-state index < -0.39 is 0 Å². The van der Waals surface area contributed by atoms with Gasteiger partial charge in [-0.25, -0.2) is 0 Å². The van der Waals surface area contributed by atoms with Gasteiger partial charge >= 0.3 is 0 Å².